The van der Waals surface area contributed by atoms with E-state index in [1.807, 2.05) is 19.1 Å². The van der Waals surface area contributed by atoms with Crippen molar-refractivity contribution >= 4 is 5.91 Å². The number of likely N-dealkylation sites (tertiary alicyclic amines) is 1. The molecule has 0 saturated carbocycles. The maximum atomic E-state index is 12.7. The van der Waals surface area contributed by atoms with Crippen LogP contribution in [0.4, 0.5) is 0 Å². The first-order chi connectivity index (χ1) is 13.2. The Morgan fingerprint density at radius 1 is 1.22 bits per heavy atom. The molecule has 1 N–H and O–H groups in total. The standard InChI is InChI=1S/C21H28N2O4/c1-3-26-19-10-9-16(14-20(19)25-2)21(24)22-15-17(18-8-7-13-27-18)23-11-5-4-6-12-23/h7-10,13-14,17H,3-6,11-12,15H2,1-2H3,(H,22,24). The summed E-state index contributed by atoms with van der Waals surface area (Å²) in [4.78, 5) is 15.1. The van der Waals surface area contributed by atoms with E-state index in [1.165, 1.54) is 19.3 Å². The third-order valence-electron chi connectivity index (χ3n) is 4.88. The molecule has 0 radical (unpaired) electrons. The number of methoxy groups -OCH3 is 1. The van der Waals surface area contributed by atoms with Crippen molar-refractivity contribution in [2.24, 2.45) is 0 Å². The van der Waals surface area contributed by atoms with Crippen molar-refractivity contribution in [3.63, 3.8) is 0 Å². The highest BCUT2D eigenvalue weighted by Crippen LogP contribution is 2.28. The van der Waals surface area contributed by atoms with Gasteiger partial charge in [0.1, 0.15) is 5.76 Å². The quantitative estimate of drug-likeness (QED) is 0.766. The van der Waals surface area contributed by atoms with E-state index in [1.54, 1.807) is 31.6 Å². The Bertz CT molecular complexity index is 724. The Morgan fingerprint density at radius 3 is 2.70 bits per heavy atom. The number of carbonyl (C=O) groups excluding carboxylic acids is 1. The van der Waals surface area contributed by atoms with E-state index in [0.29, 0.717) is 30.2 Å². The van der Waals surface area contributed by atoms with Crippen molar-refractivity contribution in [2.45, 2.75) is 32.2 Å². The Hall–Kier alpha value is -2.47. The second-order valence-corrected chi connectivity index (χ2v) is 6.64. The molecule has 2 aromatic rings. The lowest BCUT2D eigenvalue weighted by Gasteiger charge is -2.33. The van der Waals surface area contributed by atoms with Crippen LogP contribution in [0.25, 0.3) is 0 Å². The Labute approximate surface area is 160 Å². The molecule has 1 aromatic heterocycles. The van der Waals surface area contributed by atoms with Crippen molar-refractivity contribution in [1.29, 1.82) is 0 Å². The molecule has 27 heavy (non-hydrogen) atoms. The van der Waals surface area contributed by atoms with E-state index in [9.17, 15) is 4.79 Å². The molecule has 1 atom stereocenters. The predicted molar refractivity (Wildman–Crippen MR) is 103 cm³/mol. The van der Waals surface area contributed by atoms with Gasteiger partial charge in [0.15, 0.2) is 11.5 Å². The SMILES string of the molecule is CCOc1ccc(C(=O)NCC(c2ccco2)N2CCCCC2)cc1OC. The summed E-state index contributed by atoms with van der Waals surface area (Å²) in [6.07, 6.45) is 5.31. The maximum absolute atomic E-state index is 12.7. The van der Waals surface area contributed by atoms with E-state index in [4.69, 9.17) is 13.9 Å². The van der Waals surface area contributed by atoms with Crippen LogP contribution in [0.15, 0.2) is 41.0 Å². The van der Waals surface area contributed by atoms with Gasteiger partial charge in [-0.15, -0.1) is 0 Å². The van der Waals surface area contributed by atoms with Gasteiger partial charge in [-0.05, 0) is 63.2 Å². The highest BCUT2D eigenvalue weighted by atomic mass is 16.5. The van der Waals surface area contributed by atoms with Gasteiger partial charge in [-0.3, -0.25) is 9.69 Å². The molecule has 1 aliphatic rings. The van der Waals surface area contributed by atoms with Gasteiger partial charge < -0.3 is 19.2 Å². The number of furan rings is 1. The zero-order chi connectivity index (χ0) is 19.1. The lowest BCUT2D eigenvalue weighted by molar-refractivity contribution is 0.0913. The largest absolute Gasteiger partial charge is 0.493 e. The van der Waals surface area contributed by atoms with Crippen molar-refractivity contribution in [3.8, 4) is 11.5 Å². The molecule has 146 valence electrons. The summed E-state index contributed by atoms with van der Waals surface area (Å²) in [5.74, 6) is 1.95. The van der Waals surface area contributed by atoms with Crippen molar-refractivity contribution in [2.75, 3.05) is 33.4 Å². The summed E-state index contributed by atoms with van der Waals surface area (Å²) in [7, 11) is 1.57. The topological polar surface area (TPSA) is 63.9 Å². The van der Waals surface area contributed by atoms with Crippen LogP contribution >= 0.6 is 0 Å². The minimum absolute atomic E-state index is 0.0499. The van der Waals surface area contributed by atoms with Crippen LogP contribution < -0.4 is 14.8 Å². The van der Waals surface area contributed by atoms with Gasteiger partial charge in [0, 0.05) is 12.1 Å². The molecule has 1 unspecified atom stereocenters. The van der Waals surface area contributed by atoms with Crippen molar-refractivity contribution in [1.82, 2.24) is 10.2 Å². The number of ether oxygens (including phenoxy) is 2. The molecule has 0 aliphatic carbocycles. The number of nitrogens with one attached hydrogen (secondary N) is 1. The number of amides is 1. The fourth-order valence-corrected chi connectivity index (χ4v) is 3.50. The average Bonchev–Trinajstić information content (AvgIpc) is 3.24. The molecule has 1 fully saturated rings. The number of piperidine rings is 1. The lowest BCUT2D eigenvalue weighted by Crippen LogP contribution is -2.40. The summed E-state index contributed by atoms with van der Waals surface area (Å²) in [5, 5.41) is 3.05. The smallest absolute Gasteiger partial charge is 0.251 e. The van der Waals surface area contributed by atoms with Gasteiger partial charge in [0.2, 0.25) is 0 Å². The number of carbonyl (C=O) groups is 1. The number of rotatable bonds is 8. The van der Waals surface area contributed by atoms with Gasteiger partial charge >= 0.3 is 0 Å². The van der Waals surface area contributed by atoms with E-state index >= 15 is 0 Å². The van der Waals surface area contributed by atoms with Gasteiger partial charge in [0.25, 0.3) is 5.91 Å². The minimum atomic E-state index is -0.134. The first-order valence-electron chi connectivity index (χ1n) is 9.59. The Morgan fingerprint density at radius 2 is 2.04 bits per heavy atom. The monoisotopic (exact) mass is 372 g/mol. The molecule has 2 heterocycles. The van der Waals surface area contributed by atoms with Crippen LogP contribution in [0.1, 0.15) is 48.3 Å². The number of hydrogen-bond donors (Lipinski definition) is 1. The van der Waals surface area contributed by atoms with E-state index < -0.39 is 0 Å². The van der Waals surface area contributed by atoms with Crippen molar-refractivity contribution in [3.05, 3.63) is 47.9 Å². The molecular weight excluding hydrogens is 344 g/mol. The molecular formula is C21H28N2O4. The van der Waals surface area contributed by atoms with Crippen LogP contribution in [0.5, 0.6) is 11.5 Å². The fraction of sp³-hybridized carbons (Fsp3) is 0.476. The highest BCUT2D eigenvalue weighted by molar-refractivity contribution is 5.94. The number of hydrogen-bond acceptors (Lipinski definition) is 5. The van der Waals surface area contributed by atoms with Crippen LogP contribution in [0.3, 0.4) is 0 Å². The van der Waals surface area contributed by atoms with Crippen LogP contribution in [-0.4, -0.2) is 44.2 Å². The number of nitrogens with zero attached hydrogens (tertiary/aromatic N) is 1. The minimum Gasteiger partial charge on any atom is -0.493 e. The molecule has 1 saturated heterocycles. The molecule has 6 heteroatoms. The predicted octanol–water partition coefficient (Wildman–Crippen LogP) is 3.64. The summed E-state index contributed by atoms with van der Waals surface area (Å²) < 4.78 is 16.5. The van der Waals surface area contributed by atoms with Crippen LogP contribution in [0.2, 0.25) is 0 Å². The summed E-state index contributed by atoms with van der Waals surface area (Å²) in [6, 6.07) is 9.16. The summed E-state index contributed by atoms with van der Waals surface area (Å²) in [5.41, 5.74) is 0.548. The second-order valence-electron chi connectivity index (χ2n) is 6.64. The van der Waals surface area contributed by atoms with Gasteiger partial charge in [0.05, 0.1) is 26.0 Å². The molecule has 6 nitrogen and oxygen atoms in total. The van der Waals surface area contributed by atoms with Crippen LogP contribution in [0, 0.1) is 0 Å². The Kier molecular flexibility index (Phi) is 6.76. The van der Waals surface area contributed by atoms with Crippen molar-refractivity contribution < 1.29 is 18.7 Å². The zero-order valence-corrected chi connectivity index (χ0v) is 16.1. The summed E-state index contributed by atoms with van der Waals surface area (Å²) >= 11 is 0. The fourth-order valence-electron chi connectivity index (χ4n) is 3.50. The first-order valence-corrected chi connectivity index (χ1v) is 9.59. The van der Waals surface area contributed by atoms with E-state index in [-0.39, 0.29) is 11.9 Å². The molecule has 1 aromatic carbocycles. The average molecular weight is 372 g/mol. The third kappa shape index (κ3) is 4.83. The lowest BCUT2D eigenvalue weighted by atomic mass is 10.1. The second kappa shape index (κ2) is 9.46. The molecule has 3 rings (SSSR count). The van der Waals surface area contributed by atoms with E-state index in [2.05, 4.69) is 10.2 Å². The van der Waals surface area contributed by atoms with Gasteiger partial charge in [-0.1, -0.05) is 6.42 Å². The number of benzene rings is 1. The van der Waals surface area contributed by atoms with E-state index in [0.717, 1.165) is 18.8 Å². The molecule has 0 spiro atoms. The van der Waals surface area contributed by atoms with Gasteiger partial charge in [-0.25, -0.2) is 0 Å². The first kappa shape index (κ1) is 19.3. The van der Waals surface area contributed by atoms with Crippen LogP contribution in [-0.2, 0) is 0 Å². The Balaban J connectivity index is 1.68. The van der Waals surface area contributed by atoms with Gasteiger partial charge in [-0.2, -0.15) is 0 Å². The third-order valence-corrected chi connectivity index (χ3v) is 4.88. The highest BCUT2D eigenvalue weighted by Gasteiger charge is 2.25. The molecule has 1 amide bonds. The normalized spacial score (nSPS) is 15.9. The molecule has 0 bridgehead atoms. The maximum Gasteiger partial charge on any atom is 0.251 e. The summed E-state index contributed by atoms with van der Waals surface area (Å²) in [6.45, 7) is 5.01. The zero-order valence-electron chi connectivity index (χ0n) is 16.1. The molecule has 1 aliphatic heterocycles.